The Hall–Kier alpha value is -2.84. The molecule has 2 aromatic carbocycles. The number of carbonyl (C=O) groups is 1. The van der Waals surface area contributed by atoms with Gasteiger partial charge >= 0.3 is 0 Å². The van der Waals surface area contributed by atoms with Crippen molar-refractivity contribution < 1.29 is 28.5 Å². The number of aliphatic hydroxyl groups is 1. The molecular formula is C29H39FN2O5. The molecule has 1 amide bonds. The number of halogens is 1. The van der Waals surface area contributed by atoms with E-state index in [1.165, 1.54) is 12.1 Å². The number of piperidine rings is 1. The second-order valence-electron chi connectivity index (χ2n) is 10.1. The molecule has 202 valence electrons. The summed E-state index contributed by atoms with van der Waals surface area (Å²) >= 11 is 0. The van der Waals surface area contributed by atoms with Crippen LogP contribution in [-0.2, 0) is 11.3 Å². The normalized spacial score (nSPS) is 18.4. The highest BCUT2D eigenvalue weighted by molar-refractivity contribution is 5.76. The van der Waals surface area contributed by atoms with Gasteiger partial charge in [-0.3, -0.25) is 9.69 Å². The monoisotopic (exact) mass is 514 g/mol. The smallest absolute Gasteiger partial charge is 0.222 e. The van der Waals surface area contributed by atoms with Crippen LogP contribution in [-0.4, -0.2) is 72.9 Å². The third-order valence-electron chi connectivity index (χ3n) is 7.24. The van der Waals surface area contributed by atoms with Crippen LogP contribution < -0.4 is 14.2 Å². The van der Waals surface area contributed by atoms with Gasteiger partial charge in [0.2, 0.25) is 5.91 Å². The molecule has 1 N–H and O–H groups in total. The van der Waals surface area contributed by atoms with Gasteiger partial charge in [-0.2, -0.15) is 0 Å². The Kier molecular flexibility index (Phi) is 9.63. The second-order valence-corrected chi connectivity index (χ2v) is 10.1. The lowest BCUT2D eigenvalue weighted by Crippen LogP contribution is -2.47. The molecule has 2 saturated heterocycles. The molecule has 0 aromatic heterocycles. The van der Waals surface area contributed by atoms with Crippen LogP contribution in [0.5, 0.6) is 17.2 Å². The molecule has 2 aliphatic rings. The van der Waals surface area contributed by atoms with E-state index in [9.17, 15) is 14.3 Å². The van der Waals surface area contributed by atoms with Crippen molar-refractivity contribution in [2.75, 3.05) is 46.5 Å². The zero-order valence-corrected chi connectivity index (χ0v) is 21.8. The summed E-state index contributed by atoms with van der Waals surface area (Å²) in [5.74, 6) is 1.91. The molecule has 0 radical (unpaired) electrons. The average Bonchev–Trinajstić information content (AvgIpc) is 3.12. The lowest BCUT2D eigenvalue weighted by molar-refractivity contribution is -0.130. The summed E-state index contributed by atoms with van der Waals surface area (Å²) in [6, 6.07) is 11.8. The standard InChI is InChI=1S/C29H39FN2O5/c1-35-26-12-7-23(20-27(26)36-19-5-16-32-15-4-2-3-6-28(32)33)21-31-17-13-29(34,14-18-31)22-37-25-10-8-24(30)9-11-25/h7-12,20,34H,2-6,13-19,21-22H2,1H3. The van der Waals surface area contributed by atoms with Gasteiger partial charge in [0, 0.05) is 39.1 Å². The summed E-state index contributed by atoms with van der Waals surface area (Å²) < 4.78 is 30.4. The molecular weight excluding hydrogens is 475 g/mol. The SMILES string of the molecule is COc1ccc(CN2CCC(O)(COc3ccc(F)cc3)CC2)cc1OCCCN1CCCCCC1=O. The lowest BCUT2D eigenvalue weighted by atomic mass is 9.92. The Morgan fingerprint density at radius 2 is 1.76 bits per heavy atom. The third kappa shape index (κ3) is 8.07. The summed E-state index contributed by atoms with van der Waals surface area (Å²) in [6.45, 7) is 4.52. The van der Waals surface area contributed by atoms with Crippen molar-refractivity contribution in [2.45, 2.75) is 57.1 Å². The molecule has 4 rings (SSSR count). The van der Waals surface area contributed by atoms with Crippen LogP contribution in [0.1, 0.15) is 50.5 Å². The number of likely N-dealkylation sites (tertiary alicyclic amines) is 2. The topological polar surface area (TPSA) is 71.5 Å². The van der Waals surface area contributed by atoms with Gasteiger partial charge in [0.05, 0.1) is 13.7 Å². The molecule has 0 bridgehead atoms. The summed E-state index contributed by atoms with van der Waals surface area (Å²) in [7, 11) is 1.64. The van der Waals surface area contributed by atoms with Crippen molar-refractivity contribution in [2.24, 2.45) is 0 Å². The first-order chi connectivity index (χ1) is 17.9. The number of methoxy groups -OCH3 is 1. The fourth-order valence-corrected chi connectivity index (χ4v) is 4.92. The number of ether oxygens (including phenoxy) is 3. The van der Waals surface area contributed by atoms with Crippen molar-refractivity contribution in [3.05, 3.63) is 53.8 Å². The van der Waals surface area contributed by atoms with Crippen molar-refractivity contribution in [1.82, 2.24) is 9.80 Å². The fourth-order valence-electron chi connectivity index (χ4n) is 4.92. The van der Waals surface area contributed by atoms with Crippen LogP contribution in [0.25, 0.3) is 0 Å². The molecule has 2 fully saturated rings. The number of nitrogens with zero attached hydrogens (tertiary/aromatic N) is 2. The fraction of sp³-hybridized carbons (Fsp3) is 0.552. The first-order valence-electron chi connectivity index (χ1n) is 13.3. The zero-order valence-electron chi connectivity index (χ0n) is 21.8. The molecule has 2 aliphatic heterocycles. The number of hydrogen-bond acceptors (Lipinski definition) is 6. The van der Waals surface area contributed by atoms with Crippen LogP contribution in [0.15, 0.2) is 42.5 Å². The van der Waals surface area contributed by atoms with Gasteiger partial charge in [0.25, 0.3) is 0 Å². The van der Waals surface area contributed by atoms with Crippen molar-refractivity contribution in [3.63, 3.8) is 0 Å². The molecule has 0 atom stereocenters. The Morgan fingerprint density at radius 1 is 0.973 bits per heavy atom. The van der Waals surface area contributed by atoms with Crippen molar-refractivity contribution in [1.29, 1.82) is 0 Å². The predicted molar refractivity (Wildman–Crippen MR) is 140 cm³/mol. The van der Waals surface area contributed by atoms with E-state index in [0.29, 0.717) is 43.1 Å². The number of amides is 1. The van der Waals surface area contributed by atoms with Crippen LogP contribution in [0.3, 0.4) is 0 Å². The van der Waals surface area contributed by atoms with Gasteiger partial charge in [-0.1, -0.05) is 12.5 Å². The van der Waals surface area contributed by atoms with Gasteiger partial charge in [-0.25, -0.2) is 4.39 Å². The predicted octanol–water partition coefficient (Wildman–Crippen LogP) is 4.41. The molecule has 7 nitrogen and oxygen atoms in total. The van der Waals surface area contributed by atoms with Gasteiger partial charge in [0.15, 0.2) is 11.5 Å². The molecule has 37 heavy (non-hydrogen) atoms. The quantitative estimate of drug-likeness (QED) is 0.448. The molecule has 0 unspecified atom stereocenters. The van der Waals surface area contributed by atoms with E-state index in [1.807, 2.05) is 23.1 Å². The Bertz CT molecular complexity index is 1010. The van der Waals surface area contributed by atoms with Crippen LogP contribution >= 0.6 is 0 Å². The summed E-state index contributed by atoms with van der Waals surface area (Å²) in [4.78, 5) is 16.5. The first kappa shape index (κ1) is 27.2. The minimum absolute atomic E-state index is 0.190. The number of benzene rings is 2. The molecule has 0 saturated carbocycles. The Labute approximate surface area is 219 Å². The van der Waals surface area contributed by atoms with E-state index in [4.69, 9.17) is 14.2 Å². The Morgan fingerprint density at radius 3 is 2.51 bits per heavy atom. The Balaban J connectivity index is 1.23. The van der Waals surface area contributed by atoms with Gasteiger partial charge < -0.3 is 24.2 Å². The van der Waals surface area contributed by atoms with E-state index in [0.717, 1.165) is 64.0 Å². The number of carbonyl (C=O) groups excluding carboxylic acids is 1. The molecule has 2 aromatic rings. The minimum Gasteiger partial charge on any atom is -0.493 e. The maximum atomic E-state index is 13.1. The maximum absolute atomic E-state index is 13.1. The number of rotatable bonds is 11. The van der Waals surface area contributed by atoms with E-state index >= 15 is 0 Å². The zero-order chi connectivity index (χ0) is 26.1. The summed E-state index contributed by atoms with van der Waals surface area (Å²) in [5.41, 5.74) is 0.222. The van der Waals surface area contributed by atoms with E-state index in [2.05, 4.69) is 4.90 Å². The molecule has 0 aliphatic carbocycles. The van der Waals surface area contributed by atoms with Gasteiger partial charge in [0.1, 0.15) is 23.8 Å². The maximum Gasteiger partial charge on any atom is 0.222 e. The highest BCUT2D eigenvalue weighted by atomic mass is 19.1. The molecule has 2 heterocycles. The van der Waals surface area contributed by atoms with Crippen LogP contribution in [0, 0.1) is 5.82 Å². The van der Waals surface area contributed by atoms with E-state index in [-0.39, 0.29) is 18.3 Å². The highest BCUT2D eigenvalue weighted by Crippen LogP contribution is 2.30. The average molecular weight is 515 g/mol. The van der Waals surface area contributed by atoms with E-state index < -0.39 is 5.60 Å². The summed E-state index contributed by atoms with van der Waals surface area (Å²) in [5, 5.41) is 10.9. The molecule has 0 spiro atoms. The minimum atomic E-state index is -0.895. The number of hydrogen-bond donors (Lipinski definition) is 1. The largest absolute Gasteiger partial charge is 0.493 e. The first-order valence-corrected chi connectivity index (χ1v) is 13.3. The van der Waals surface area contributed by atoms with Crippen LogP contribution in [0.2, 0.25) is 0 Å². The summed E-state index contributed by atoms with van der Waals surface area (Å²) in [6.07, 6.45) is 5.85. The molecule has 8 heteroatoms. The van der Waals surface area contributed by atoms with Crippen molar-refractivity contribution in [3.8, 4) is 17.2 Å². The highest BCUT2D eigenvalue weighted by Gasteiger charge is 2.33. The second kappa shape index (κ2) is 13.1. The van der Waals surface area contributed by atoms with Gasteiger partial charge in [-0.05, 0) is 74.1 Å². The lowest BCUT2D eigenvalue weighted by Gasteiger charge is -2.38. The third-order valence-corrected chi connectivity index (χ3v) is 7.24. The van der Waals surface area contributed by atoms with Gasteiger partial charge in [-0.15, -0.1) is 0 Å². The van der Waals surface area contributed by atoms with Crippen LogP contribution in [0.4, 0.5) is 4.39 Å². The van der Waals surface area contributed by atoms with E-state index in [1.54, 1.807) is 19.2 Å². The van der Waals surface area contributed by atoms with Crippen molar-refractivity contribution >= 4 is 5.91 Å².